The summed E-state index contributed by atoms with van der Waals surface area (Å²) in [5.74, 6) is 0. The maximum atomic E-state index is 6.12. The minimum atomic E-state index is 0.346. The Labute approximate surface area is 114 Å². The molecule has 1 aromatic rings. The smallest absolute Gasteiger partial charge is 0.0595 e. The highest BCUT2D eigenvalue weighted by Crippen LogP contribution is 2.47. The molecule has 0 radical (unpaired) electrons. The van der Waals surface area contributed by atoms with Crippen LogP contribution in [0.4, 0.5) is 0 Å². The maximum Gasteiger partial charge on any atom is 0.0595 e. The second-order valence-electron chi connectivity index (χ2n) is 5.32. The molecule has 1 aliphatic rings. The molecule has 0 N–H and O–H groups in total. The minimum Gasteiger partial charge on any atom is -0.309 e. The molecular formula is C14H19Cl2N. The SMILES string of the molecule is CN(C)CCC1(c2ccc(Cl)c(Cl)c2)CCC1. The van der Waals surface area contributed by atoms with Gasteiger partial charge in [0, 0.05) is 0 Å². The highest BCUT2D eigenvalue weighted by molar-refractivity contribution is 6.42. The quantitative estimate of drug-likeness (QED) is 0.786. The third-order valence-electron chi connectivity index (χ3n) is 3.88. The number of hydrogen-bond donors (Lipinski definition) is 0. The fraction of sp³-hybridized carbons (Fsp3) is 0.571. The normalized spacial score (nSPS) is 18.2. The van der Waals surface area contributed by atoms with Crippen molar-refractivity contribution in [2.24, 2.45) is 0 Å². The zero-order valence-corrected chi connectivity index (χ0v) is 12.0. The summed E-state index contributed by atoms with van der Waals surface area (Å²) in [5, 5.41) is 1.33. The van der Waals surface area contributed by atoms with E-state index in [1.165, 1.54) is 31.2 Å². The van der Waals surface area contributed by atoms with Gasteiger partial charge in [-0.05, 0) is 63.0 Å². The lowest BCUT2D eigenvalue weighted by molar-refractivity contribution is 0.201. The van der Waals surface area contributed by atoms with Gasteiger partial charge in [-0.15, -0.1) is 0 Å². The van der Waals surface area contributed by atoms with E-state index in [2.05, 4.69) is 31.1 Å². The van der Waals surface area contributed by atoms with Gasteiger partial charge in [-0.1, -0.05) is 35.7 Å². The van der Waals surface area contributed by atoms with E-state index in [-0.39, 0.29) is 0 Å². The highest BCUT2D eigenvalue weighted by Gasteiger charge is 2.38. The molecule has 0 unspecified atom stereocenters. The van der Waals surface area contributed by atoms with Gasteiger partial charge in [-0.2, -0.15) is 0 Å². The van der Waals surface area contributed by atoms with Crippen molar-refractivity contribution in [3.8, 4) is 0 Å². The van der Waals surface area contributed by atoms with Gasteiger partial charge in [-0.25, -0.2) is 0 Å². The largest absolute Gasteiger partial charge is 0.309 e. The van der Waals surface area contributed by atoms with Crippen molar-refractivity contribution in [2.75, 3.05) is 20.6 Å². The molecule has 1 aromatic carbocycles. The first-order valence-electron chi connectivity index (χ1n) is 6.14. The number of rotatable bonds is 4. The van der Waals surface area contributed by atoms with Crippen LogP contribution >= 0.6 is 23.2 Å². The van der Waals surface area contributed by atoms with E-state index < -0.39 is 0 Å². The van der Waals surface area contributed by atoms with Gasteiger partial charge in [0.2, 0.25) is 0 Å². The molecule has 0 bridgehead atoms. The van der Waals surface area contributed by atoms with Crippen LogP contribution in [0.5, 0.6) is 0 Å². The summed E-state index contributed by atoms with van der Waals surface area (Å²) < 4.78 is 0. The van der Waals surface area contributed by atoms with Crippen LogP contribution in [0.15, 0.2) is 18.2 Å². The number of nitrogens with zero attached hydrogens (tertiary/aromatic N) is 1. The Morgan fingerprint density at radius 1 is 1.18 bits per heavy atom. The lowest BCUT2D eigenvalue weighted by Crippen LogP contribution is -2.37. The summed E-state index contributed by atoms with van der Waals surface area (Å²) in [6.45, 7) is 1.13. The number of halogens is 2. The van der Waals surface area contributed by atoms with E-state index in [1.807, 2.05) is 6.07 Å². The van der Waals surface area contributed by atoms with Crippen molar-refractivity contribution in [1.29, 1.82) is 0 Å². The van der Waals surface area contributed by atoms with E-state index in [0.29, 0.717) is 15.5 Å². The summed E-state index contributed by atoms with van der Waals surface area (Å²) in [6.07, 6.45) is 5.09. The van der Waals surface area contributed by atoms with E-state index in [0.717, 1.165) is 6.54 Å². The molecule has 2 rings (SSSR count). The average molecular weight is 272 g/mol. The topological polar surface area (TPSA) is 3.24 Å². The van der Waals surface area contributed by atoms with Crippen LogP contribution in [-0.4, -0.2) is 25.5 Å². The summed E-state index contributed by atoms with van der Waals surface area (Å²) in [6, 6.07) is 6.12. The molecule has 0 amide bonds. The third-order valence-corrected chi connectivity index (χ3v) is 4.62. The van der Waals surface area contributed by atoms with Gasteiger partial charge in [0.05, 0.1) is 10.0 Å². The van der Waals surface area contributed by atoms with Crippen molar-refractivity contribution in [2.45, 2.75) is 31.1 Å². The van der Waals surface area contributed by atoms with Crippen molar-refractivity contribution >= 4 is 23.2 Å². The molecule has 1 nitrogen and oxygen atoms in total. The summed E-state index contributed by atoms with van der Waals surface area (Å²) in [4.78, 5) is 2.25. The molecule has 0 heterocycles. The fourth-order valence-corrected chi connectivity index (χ4v) is 2.85. The Morgan fingerprint density at radius 3 is 2.35 bits per heavy atom. The number of hydrogen-bond acceptors (Lipinski definition) is 1. The molecular weight excluding hydrogens is 253 g/mol. The zero-order valence-electron chi connectivity index (χ0n) is 10.5. The summed E-state index contributed by atoms with van der Waals surface area (Å²) >= 11 is 12.1. The van der Waals surface area contributed by atoms with Crippen LogP contribution < -0.4 is 0 Å². The van der Waals surface area contributed by atoms with E-state index in [1.54, 1.807) is 0 Å². The van der Waals surface area contributed by atoms with Gasteiger partial charge in [0.25, 0.3) is 0 Å². The molecule has 1 fully saturated rings. The van der Waals surface area contributed by atoms with E-state index in [4.69, 9.17) is 23.2 Å². The Kier molecular flexibility index (Phi) is 4.02. The lowest BCUT2D eigenvalue weighted by Gasteiger charge is -2.43. The Hall–Kier alpha value is -0.240. The van der Waals surface area contributed by atoms with Gasteiger partial charge in [0.15, 0.2) is 0 Å². The first-order valence-corrected chi connectivity index (χ1v) is 6.89. The Balaban J connectivity index is 2.19. The van der Waals surface area contributed by atoms with Crippen LogP contribution in [0.2, 0.25) is 10.0 Å². The molecule has 17 heavy (non-hydrogen) atoms. The fourth-order valence-electron chi connectivity index (χ4n) is 2.55. The monoisotopic (exact) mass is 271 g/mol. The van der Waals surface area contributed by atoms with Crippen molar-refractivity contribution < 1.29 is 0 Å². The number of benzene rings is 1. The second kappa shape index (κ2) is 5.17. The highest BCUT2D eigenvalue weighted by atomic mass is 35.5. The second-order valence-corrected chi connectivity index (χ2v) is 6.13. The van der Waals surface area contributed by atoms with Gasteiger partial charge < -0.3 is 4.90 Å². The van der Waals surface area contributed by atoms with Crippen LogP contribution in [0.1, 0.15) is 31.2 Å². The van der Waals surface area contributed by atoms with Crippen molar-refractivity contribution in [3.63, 3.8) is 0 Å². The standard InChI is InChI=1S/C14H19Cl2N/c1-17(2)9-8-14(6-3-7-14)11-4-5-12(15)13(16)10-11/h4-5,10H,3,6-9H2,1-2H3. The molecule has 3 heteroatoms. The predicted octanol–water partition coefficient (Wildman–Crippen LogP) is 4.37. The van der Waals surface area contributed by atoms with Gasteiger partial charge in [0.1, 0.15) is 0 Å². The molecule has 1 aliphatic carbocycles. The van der Waals surface area contributed by atoms with Crippen LogP contribution in [-0.2, 0) is 5.41 Å². The molecule has 0 aliphatic heterocycles. The lowest BCUT2D eigenvalue weighted by atomic mass is 9.62. The summed E-state index contributed by atoms with van der Waals surface area (Å²) in [7, 11) is 4.25. The molecule has 0 saturated heterocycles. The predicted molar refractivity (Wildman–Crippen MR) is 75.2 cm³/mol. The third kappa shape index (κ3) is 2.78. The van der Waals surface area contributed by atoms with Crippen LogP contribution in [0, 0.1) is 0 Å². The molecule has 1 saturated carbocycles. The first kappa shape index (κ1) is 13.2. The molecule has 0 spiro atoms. The van der Waals surface area contributed by atoms with Crippen LogP contribution in [0.25, 0.3) is 0 Å². The molecule has 0 aromatic heterocycles. The van der Waals surface area contributed by atoms with E-state index >= 15 is 0 Å². The van der Waals surface area contributed by atoms with Crippen LogP contribution in [0.3, 0.4) is 0 Å². The molecule has 94 valence electrons. The minimum absolute atomic E-state index is 0.346. The summed E-state index contributed by atoms with van der Waals surface area (Å²) in [5.41, 5.74) is 1.71. The van der Waals surface area contributed by atoms with Crippen molar-refractivity contribution in [3.05, 3.63) is 33.8 Å². The van der Waals surface area contributed by atoms with E-state index in [9.17, 15) is 0 Å². The Morgan fingerprint density at radius 2 is 1.88 bits per heavy atom. The van der Waals surface area contributed by atoms with Gasteiger partial charge >= 0.3 is 0 Å². The van der Waals surface area contributed by atoms with Gasteiger partial charge in [-0.3, -0.25) is 0 Å². The average Bonchev–Trinajstić information content (AvgIpc) is 2.21. The van der Waals surface area contributed by atoms with Crippen molar-refractivity contribution in [1.82, 2.24) is 4.90 Å². The zero-order chi connectivity index (χ0) is 12.5. The Bertz CT molecular complexity index is 397. The molecule has 0 atom stereocenters. The maximum absolute atomic E-state index is 6.12. The first-order chi connectivity index (χ1) is 8.03.